The molecule has 1 N–H and O–H groups in total. The highest BCUT2D eigenvalue weighted by Crippen LogP contribution is 2.11. The molecule has 1 aromatic carbocycles. The summed E-state index contributed by atoms with van der Waals surface area (Å²) in [6.45, 7) is 3.55. The van der Waals surface area contributed by atoms with Crippen LogP contribution >= 0.6 is 0 Å². The number of fused-ring (bicyclic) bond motifs is 3. The minimum atomic E-state index is -0.502. The highest BCUT2D eigenvalue weighted by atomic mass is 16.2. The topological polar surface area (TPSA) is 114 Å². The molecule has 0 unspecified atom stereocenters. The smallest absolute Gasteiger partial charge is 0.353 e. The minimum absolute atomic E-state index is 0.00620. The highest BCUT2D eigenvalue weighted by Gasteiger charge is 2.17. The molecule has 0 aliphatic heterocycles. The van der Waals surface area contributed by atoms with Gasteiger partial charge in [0, 0.05) is 19.0 Å². The lowest BCUT2D eigenvalue weighted by molar-refractivity contribution is -0.121. The van der Waals surface area contributed by atoms with Gasteiger partial charge in [0.25, 0.3) is 5.56 Å². The largest absolute Gasteiger partial charge is 0.354 e. The molecule has 134 valence electrons. The van der Waals surface area contributed by atoms with E-state index in [0.717, 1.165) is 4.68 Å². The third kappa shape index (κ3) is 2.97. The van der Waals surface area contributed by atoms with E-state index in [1.807, 2.05) is 19.9 Å². The molecule has 0 aliphatic carbocycles. The van der Waals surface area contributed by atoms with E-state index in [1.54, 1.807) is 24.3 Å². The molecule has 9 heteroatoms. The number of hydrogen-bond acceptors (Lipinski definition) is 5. The fourth-order valence-electron chi connectivity index (χ4n) is 2.85. The number of para-hydroxylation sites is 1. The van der Waals surface area contributed by atoms with Crippen LogP contribution in [0.5, 0.6) is 0 Å². The molecule has 0 aliphatic rings. The fourth-order valence-corrected chi connectivity index (χ4v) is 2.85. The number of amides is 1. The SMILES string of the molecule is CC(C)NC(=O)CCn1c(=O)c2ccccc2n2c(=O)n(CC#N)nc12. The third-order valence-corrected chi connectivity index (χ3v) is 3.92. The van der Waals surface area contributed by atoms with Crippen LogP contribution in [0.1, 0.15) is 20.3 Å². The first-order valence-corrected chi connectivity index (χ1v) is 8.21. The van der Waals surface area contributed by atoms with Crippen molar-refractivity contribution in [3.05, 3.63) is 45.1 Å². The lowest BCUT2D eigenvalue weighted by Gasteiger charge is -2.11. The zero-order chi connectivity index (χ0) is 18.8. The molecule has 0 saturated carbocycles. The Labute approximate surface area is 148 Å². The first kappa shape index (κ1) is 17.4. The van der Waals surface area contributed by atoms with Crippen LogP contribution in [0.3, 0.4) is 0 Å². The van der Waals surface area contributed by atoms with Gasteiger partial charge in [-0.1, -0.05) is 12.1 Å². The summed E-state index contributed by atoms with van der Waals surface area (Å²) in [5.41, 5.74) is -0.415. The van der Waals surface area contributed by atoms with Gasteiger partial charge < -0.3 is 5.32 Å². The minimum Gasteiger partial charge on any atom is -0.354 e. The number of hydrogen-bond donors (Lipinski definition) is 1. The first-order valence-electron chi connectivity index (χ1n) is 8.21. The van der Waals surface area contributed by atoms with Gasteiger partial charge in [0.05, 0.1) is 17.0 Å². The lowest BCUT2D eigenvalue weighted by atomic mass is 10.2. The maximum Gasteiger partial charge on any atom is 0.353 e. The normalized spacial score (nSPS) is 11.2. The summed E-state index contributed by atoms with van der Waals surface area (Å²) in [6.07, 6.45) is 0.0748. The number of aryl methyl sites for hydroxylation is 1. The van der Waals surface area contributed by atoms with Crippen LogP contribution in [0.2, 0.25) is 0 Å². The van der Waals surface area contributed by atoms with Crippen molar-refractivity contribution in [1.29, 1.82) is 5.26 Å². The van der Waals surface area contributed by atoms with Gasteiger partial charge in [0.15, 0.2) is 0 Å². The Morgan fingerprint density at radius 3 is 2.73 bits per heavy atom. The molecule has 0 fully saturated rings. The van der Waals surface area contributed by atoms with E-state index in [9.17, 15) is 14.4 Å². The molecule has 3 rings (SSSR count). The molecule has 0 bridgehead atoms. The number of nitrogens with one attached hydrogen (secondary N) is 1. The molecule has 0 atom stereocenters. The van der Waals surface area contributed by atoms with Crippen LogP contribution in [0, 0.1) is 11.3 Å². The average molecular weight is 354 g/mol. The van der Waals surface area contributed by atoms with Crippen molar-refractivity contribution in [3.63, 3.8) is 0 Å². The van der Waals surface area contributed by atoms with E-state index >= 15 is 0 Å². The Morgan fingerprint density at radius 2 is 2.04 bits per heavy atom. The van der Waals surface area contributed by atoms with Crippen molar-refractivity contribution >= 4 is 22.6 Å². The van der Waals surface area contributed by atoms with Crippen molar-refractivity contribution in [1.82, 2.24) is 24.1 Å². The van der Waals surface area contributed by atoms with E-state index in [1.165, 1.54) is 8.97 Å². The molecular formula is C17H18N6O3. The zero-order valence-electron chi connectivity index (χ0n) is 14.5. The lowest BCUT2D eigenvalue weighted by Crippen LogP contribution is -2.32. The molecule has 0 spiro atoms. The van der Waals surface area contributed by atoms with Gasteiger partial charge in [0.1, 0.15) is 6.54 Å². The molecule has 3 aromatic rings. The van der Waals surface area contributed by atoms with Crippen molar-refractivity contribution in [2.24, 2.45) is 0 Å². The standard InChI is InChI=1S/C17H18N6O3/c1-11(2)19-14(24)7-9-21-15(25)12-5-3-4-6-13(12)23-16(21)20-22(10-8-18)17(23)26/h3-6,11H,7,9-10H2,1-2H3,(H,19,24). The van der Waals surface area contributed by atoms with Crippen LogP contribution in [0.4, 0.5) is 0 Å². The summed E-state index contributed by atoms with van der Waals surface area (Å²) in [7, 11) is 0. The van der Waals surface area contributed by atoms with Crippen molar-refractivity contribution in [2.75, 3.05) is 0 Å². The summed E-state index contributed by atoms with van der Waals surface area (Å²) < 4.78 is 3.61. The molecule has 2 heterocycles. The maximum absolute atomic E-state index is 12.9. The van der Waals surface area contributed by atoms with E-state index in [2.05, 4.69) is 10.4 Å². The Hall–Kier alpha value is -3.41. The molecule has 1 amide bonds. The van der Waals surface area contributed by atoms with Gasteiger partial charge in [-0.2, -0.15) is 9.94 Å². The zero-order valence-corrected chi connectivity index (χ0v) is 14.5. The van der Waals surface area contributed by atoms with E-state index in [-0.39, 0.29) is 42.8 Å². The first-order chi connectivity index (χ1) is 12.4. The average Bonchev–Trinajstić information content (AvgIpc) is 2.91. The monoisotopic (exact) mass is 354 g/mol. The van der Waals surface area contributed by atoms with E-state index in [4.69, 9.17) is 5.26 Å². The molecule has 0 radical (unpaired) electrons. The molecule has 2 aromatic heterocycles. The number of carbonyl (C=O) groups is 1. The summed E-state index contributed by atoms with van der Waals surface area (Å²) in [5.74, 6) is -0.0803. The Balaban J connectivity index is 2.20. The predicted molar refractivity (Wildman–Crippen MR) is 94.7 cm³/mol. The van der Waals surface area contributed by atoms with Gasteiger partial charge in [-0.25, -0.2) is 9.20 Å². The molecule has 9 nitrogen and oxygen atoms in total. The summed E-state index contributed by atoms with van der Waals surface area (Å²) in [4.78, 5) is 37.4. The van der Waals surface area contributed by atoms with Crippen molar-refractivity contribution in [2.45, 2.75) is 39.4 Å². The Kier molecular flexibility index (Phi) is 4.58. The highest BCUT2D eigenvalue weighted by molar-refractivity contribution is 5.80. The third-order valence-electron chi connectivity index (χ3n) is 3.92. The number of rotatable bonds is 5. The van der Waals surface area contributed by atoms with Crippen LogP contribution in [0.15, 0.2) is 33.9 Å². The van der Waals surface area contributed by atoms with E-state index in [0.29, 0.717) is 10.9 Å². The molecule has 26 heavy (non-hydrogen) atoms. The Bertz CT molecular complexity index is 1150. The second-order valence-corrected chi connectivity index (χ2v) is 6.18. The van der Waals surface area contributed by atoms with Gasteiger partial charge in [-0.05, 0) is 26.0 Å². The molecule has 0 saturated heterocycles. The van der Waals surface area contributed by atoms with Crippen molar-refractivity contribution < 1.29 is 4.79 Å². The van der Waals surface area contributed by atoms with Crippen LogP contribution in [-0.4, -0.2) is 30.7 Å². The second kappa shape index (κ2) is 6.84. The maximum atomic E-state index is 12.9. The number of nitrogens with zero attached hydrogens (tertiary/aromatic N) is 5. The number of aromatic nitrogens is 4. The van der Waals surface area contributed by atoms with Crippen LogP contribution in [-0.2, 0) is 17.9 Å². The van der Waals surface area contributed by atoms with Gasteiger partial charge in [-0.3, -0.25) is 14.2 Å². The number of benzene rings is 1. The summed E-state index contributed by atoms with van der Waals surface area (Å²) in [6, 6.07) is 8.56. The van der Waals surface area contributed by atoms with Gasteiger partial charge >= 0.3 is 5.69 Å². The second-order valence-electron chi connectivity index (χ2n) is 6.18. The predicted octanol–water partition coefficient (Wildman–Crippen LogP) is 0.249. The molecular weight excluding hydrogens is 336 g/mol. The van der Waals surface area contributed by atoms with Crippen LogP contribution in [0.25, 0.3) is 16.7 Å². The van der Waals surface area contributed by atoms with Gasteiger partial charge in [-0.15, -0.1) is 5.10 Å². The summed E-state index contributed by atoms with van der Waals surface area (Å²) >= 11 is 0. The Morgan fingerprint density at radius 1 is 1.31 bits per heavy atom. The van der Waals surface area contributed by atoms with Crippen LogP contribution < -0.4 is 16.6 Å². The van der Waals surface area contributed by atoms with E-state index < -0.39 is 5.69 Å². The number of nitriles is 1. The quantitative estimate of drug-likeness (QED) is 0.705. The number of carbonyl (C=O) groups excluding carboxylic acids is 1. The van der Waals surface area contributed by atoms with Gasteiger partial charge in [0.2, 0.25) is 11.7 Å². The fraction of sp³-hybridized carbons (Fsp3) is 0.353. The summed E-state index contributed by atoms with van der Waals surface area (Å²) in [5, 5.41) is 16.1. The van der Waals surface area contributed by atoms with Crippen molar-refractivity contribution in [3.8, 4) is 6.07 Å².